The summed E-state index contributed by atoms with van der Waals surface area (Å²) < 4.78 is 23.8. The van der Waals surface area contributed by atoms with Crippen LogP contribution in [-0.2, 0) is 19.8 Å². The first-order valence-corrected chi connectivity index (χ1v) is 20.6. The molecule has 318 valence electrons. The monoisotopic (exact) mass is 856 g/mol. The van der Waals surface area contributed by atoms with Crippen LogP contribution in [-0.4, -0.2) is 51.2 Å². The minimum Gasteiger partial charge on any atom is -0.489 e. The predicted molar refractivity (Wildman–Crippen MR) is 249 cm³/mol. The lowest BCUT2D eigenvalue weighted by atomic mass is 10.2. The Balaban J connectivity index is 0.000000164. The van der Waals surface area contributed by atoms with Crippen LogP contribution < -0.4 is 18.9 Å². The van der Waals surface area contributed by atoms with E-state index >= 15 is 0 Å². The van der Waals surface area contributed by atoms with Crippen LogP contribution in [0.15, 0.2) is 170 Å². The van der Waals surface area contributed by atoms with Gasteiger partial charge in [0.05, 0.1) is 22.4 Å². The van der Waals surface area contributed by atoms with Crippen LogP contribution in [0.25, 0.3) is 46.1 Å². The summed E-state index contributed by atoms with van der Waals surface area (Å²) in [6, 6.07) is 55.2. The molecular formula is C51H40N10O4. The molecule has 2 N–H and O–H groups in total. The first-order valence-electron chi connectivity index (χ1n) is 20.6. The van der Waals surface area contributed by atoms with Gasteiger partial charge in [-0.15, -0.1) is 10.2 Å². The summed E-state index contributed by atoms with van der Waals surface area (Å²) in [5, 5.41) is 29.4. The van der Waals surface area contributed by atoms with Crippen LogP contribution in [0.1, 0.15) is 39.7 Å². The van der Waals surface area contributed by atoms with E-state index in [2.05, 4.69) is 69.4 Å². The van der Waals surface area contributed by atoms with Gasteiger partial charge in [-0.2, -0.15) is 0 Å². The molecule has 0 aliphatic heterocycles. The zero-order valence-electron chi connectivity index (χ0n) is 34.8. The Kier molecular flexibility index (Phi) is 13.1. The van der Waals surface area contributed by atoms with E-state index in [0.717, 1.165) is 72.9 Å². The molecule has 0 aliphatic carbocycles. The van der Waals surface area contributed by atoms with E-state index in [-0.39, 0.29) is 0 Å². The fraction of sp³-hybridized carbons (Fsp3) is 0.0588. The minimum atomic E-state index is 0.385. The van der Waals surface area contributed by atoms with E-state index in [1.54, 1.807) is 6.08 Å². The van der Waals surface area contributed by atoms with Crippen molar-refractivity contribution in [2.45, 2.75) is 19.8 Å². The number of hydrogen-bond donors (Lipinski definition) is 2. The number of aromatic nitrogens is 10. The Labute approximate surface area is 373 Å². The molecule has 6 aromatic carbocycles. The van der Waals surface area contributed by atoms with Crippen molar-refractivity contribution in [2.75, 3.05) is 0 Å². The van der Waals surface area contributed by atoms with Gasteiger partial charge >= 0.3 is 0 Å². The maximum absolute atomic E-state index is 5.98. The van der Waals surface area contributed by atoms with Crippen LogP contribution in [0.2, 0.25) is 0 Å². The van der Waals surface area contributed by atoms with Crippen molar-refractivity contribution < 1.29 is 18.9 Å². The van der Waals surface area contributed by atoms with Gasteiger partial charge in [0.2, 0.25) is 0 Å². The topological polar surface area (TPSA) is 172 Å². The number of nitrogens with one attached hydrogen (secondary N) is 2. The number of tetrazole rings is 2. The maximum atomic E-state index is 5.98. The second-order valence-electron chi connectivity index (χ2n) is 14.5. The van der Waals surface area contributed by atoms with Crippen LogP contribution in [0.5, 0.6) is 28.7 Å². The van der Waals surface area contributed by atoms with Crippen molar-refractivity contribution in [3.8, 4) is 28.7 Å². The van der Waals surface area contributed by atoms with Crippen molar-refractivity contribution in [3.05, 3.63) is 210 Å². The summed E-state index contributed by atoms with van der Waals surface area (Å²) >= 11 is 0. The molecule has 4 heterocycles. The van der Waals surface area contributed by atoms with Crippen molar-refractivity contribution in [3.63, 3.8) is 0 Å². The number of para-hydroxylation sites is 2. The van der Waals surface area contributed by atoms with Gasteiger partial charge in [0.1, 0.15) is 48.6 Å². The van der Waals surface area contributed by atoms with E-state index in [4.69, 9.17) is 18.9 Å². The lowest BCUT2D eigenvalue weighted by Crippen LogP contribution is -2.00. The average Bonchev–Trinajstić information content (AvgIpc) is 4.10. The Morgan fingerprint density at radius 3 is 1.48 bits per heavy atom. The number of benzene rings is 6. The third-order valence-electron chi connectivity index (χ3n) is 9.78. The third kappa shape index (κ3) is 11.9. The van der Waals surface area contributed by atoms with Gasteiger partial charge in [-0.05, 0) is 122 Å². The zero-order valence-corrected chi connectivity index (χ0v) is 34.8. The van der Waals surface area contributed by atoms with Gasteiger partial charge in [0.15, 0.2) is 11.6 Å². The van der Waals surface area contributed by atoms with E-state index < -0.39 is 0 Å². The zero-order chi connectivity index (χ0) is 43.9. The molecule has 0 radical (unpaired) electrons. The van der Waals surface area contributed by atoms with Gasteiger partial charge in [-0.3, -0.25) is 0 Å². The number of fused-ring (bicyclic) bond motifs is 2. The molecule has 4 aromatic heterocycles. The summed E-state index contributed by atoms with van der Waals surface area (Å²) in [5.41, 5.74) is 6.76. The maximum Gasteiger partial charge on any atom is 0.172 e. The second-order valence-corrected chi connectivity index (χ2v) is 14.5. The highest BCUT2D eigenvalue weighted by Crippen LogP contribution is 2.27. The van der Waals surface area contributed by atoms with E-state index in [0.29, 0.717) is 37.2 Å². The largest absolute Gasteiger partial charge is 0.489 e. The number of H-pyrrole nitrogens is 2. The number of nitrogens with zero attached hydrogens (tertiary/aromatic N) is 8. The summed E-state index contributed by atoms with van der Waals surface area (Å²) in [6.45, 7) is 1.24. The molecule has 0 spiro atoms. The highest BCUT2D eigenvalue weighted by atomic mass is 16.5. The molecule has 0 saturated carbocycles. The Morgan fingerprint density at radius 1 is 0.400 bits per heavy atom. The molecule has 0 unspecified atom stereocenters. The van der Waals surface area contributed by atoms with E-state index in [1.807, 2.05) is 170 Å². The number of hydrogen-bond acceptors (Lipinski definition) is 12. The molecule has 0 aliphatic rings. The molecule has 14 heteroatoms. The Morgan fingerprint density at radius 2 is 0.908 bits per heavy atom. The fourth-order valence-electron chi connectivity index (χ4n) is 6.49. The molecule has 14 nitrogen and oxygen atoms in total. The summed E-state index contributed by atoms with van der Waals surface area (Å²) in [6.07, 6.45) is 7.47. The average molecular weight is 857 g/mol. The standard InChI is InChI=1S/C26H21N5O2.C25H19N5O2/c1-2-7-25-21(5-1)11-12-22(27-25)18-33-24-6-3-4-20(16-24)17-32-23-13-8-19(9-14-23)10-15-26-28-30-31-29-26;1-2-7-24-19(4-1)11-12-20(26-24)17-31-22-5-3-6-23(16-22)32-21-13-8-18(9-14-21)10-15-25-27-29-30-28-25/h1-16H,17-18H2,(H,28,29,30,31);1-16H,17H2,(H,27,28,29,30)/b2*15-10+. The van der Waals surface area contributed by atoms with Gasteiger partial charge in [-0.25, -0.2) is 20.2 Å². The second kappa shape index (κ2) is 20.7. The van der Waals surface area contributed by atoms with Gasteiger partial charge in [-0.1, -0.05) is 103 Å². The summed E-state index contributed by atoms with van der Waals surface area (Å²) in [5.74, 6) is 4.93. The molecule has 65 heavy (non-hydrogen) atoms. The quantitative estimate of drug-likeness (QED) is 0.100. The molecule has 0 bridgehead atoms. The van der Waals surface area contributed by atoms with Crippen molar-refractivity contribution in [1.82, 2.24) is 51.2 Å². The number of pyridine rings is 2. The van der Waals surface area contributed by atoms with Crippen LogP contribution in [0.3, 0.4) is 0 Å². The van der Waals surface area contributed by atoms with Gasteiger partial charge in [0, 0.05) is 16.8 Å². The molecule has 0 fully saturated rings. The van der Waals surface area contributed by atoms with Crippen LogP contribution >= 0.6 is 0 Å². The van der Waals surface area contributed by atoms with E-state index in [1.165, 1.54) is 0 Å². The lowest BCUT2D eigenvalue weighted by Gasteiger charge is -2.10. The minimum absolute atomic E-state index is 0.385. The third-order valence-corrected chi connectivity index (χ3v) is 9.78. The molecule has 10 rings (SSSR count). The summed E-state index contributed by atoms with van der Waals surface area (Å²) in [4.78, 5) is 9.30. The van der Waals surface area contributed by atoms with Gasteiger partial charge in [0.25, 0.3) is 0 Å². The number of rotatable bonds is 15. The highest BCUT2D eigenvalue weighted by Gasteiger charge is 2.05. The SMILES string of the molecule is C(=C\c1nnn[nH]1)/c1ccc(OCc2cccc(OCc3ccc4ccccc4n3)c2)cc1.C(=C\c1nnn[nH]1)/c1ccc(Oc2cccc(OCc3ccc4ccccc4n3)c2)cc1. The van der Waals surface area contributed by atoms with Crippen molar-refractivity contribution in [2.24, 2.45) is 0 Å². The van der Waals surface area contributed by atoms with Crippen LogP contribution in [0.4, 0.5) is 0 Å². The number of ether oxygens (including phenoxy) is 4. The first kappa shape index (κ1) is 41.3. The summed E-state index contributed by atoms with van der Waals surface area (Å²) in [7, 11) is 0. The first-order chi connectivity index (χ1) is 32.1. The number of aromatic amines is 2. The van der Waals surface area contributed by atoms with Crippen molar-refractivity contribution in [1.29, 1.82) is 0 Å². The van der Waals surface area contributed by atoms with E-state index in [9.17, 15) is 0 Å². The lowest BCUT2D eigenvalue weighted by molar-refractivity contribution is 0.293. The smallest absolute Gasteiger partial charge is 0.172 e. The molecular weight excluding hydrogens is 817 g/mol. The van der Waals surface area contributed by atoms with Crippen molar-refractivity contribution >= 4 is 46.1 Å². The fourth-order valence-corrected chi connectivity index (χ4v) is 6.49. The Hall–Kier alpha value is -9.04. The molecule has 0 atom stereocenters. The Bertz CT molecular complexity index is 3140. The predicted octanol–water partition coefficient (Wildman–Crippen LogP) is 10.4. The highest BCUT2D eigenvalue weighted by molar-refractivity contribution is 5.79. The molecule has 0 amide bonds. The normalized spacial score (nSPS) is 11.1. The molecule has 0 saturated heterocycles. The van der Waals surface area contributed by atoms with Crippen LogP contribution in [0, 0.1) is 0 Å². The van der Waals surface area contributed by atoms with Gasteiger partial charge < -0.3 is 18.9 Å². The molecule has 10 aromatic rings.